The smallest absolute Gasteiger partial charge is 0.208 e. The van der Waals surface area contributed by atoms with Gasteiger partial charge in [0, 0.05) is 61.0 Å². The summed E-state index contributed by atoms with van der Waals surface area (Å²) in [6, 6.07) is 4.33. The van der Waals surface area contributed by atoms with E-state index in [1.165, 1.54) is 6.20 Å². The minimum atomic E-state index is 0.0849. The highest BCUT2D eigenvalue weighted by Crippen LogP contribution is 2.35. The van der Waals surface area contributed by atoms with Crippen LogP contribution < -0.4 is 16.0 Å². The number of hydrogen-bond donors (Lipinski definition) is 2. The highest BCUT2D eigenvalue weighted by atomic mass is 32.1. The van der Waals surface area contributed by atoms with Crippen molar-refractivity contribution in [3.63, 3.8) is 0 Å². The molecule has 0 amide bonds. The number of nitrogens with zero attached hydrogens (tertiary/aromatic N) is 5. The molecule has 3 heterocycles. The van der Waals surface area contributed by atoms with Crippen LogP contribution in [0.2, 0.25) is 0 Å². The molecule has 1 aliphatic heterocycles. The Morgan fingerprint density at radius 1 is 1.24 bits per heavy atom. The average molecular weight is 414 g/mol. The molecule has 7 nitrogen and oxygen atoms in total. The molecule has 156 valence electrons. The SMILES string of the molecule is CN=CC(=CN)c1ccc(-c2nnc(N(C)C3CC(C)(C)NC(C)(C)C3)s2)nc1. The zero-order valence-corrected chi connectivity index (χ0v) is 18.9. The number of allylic oxidation sites excluding steroid dienone is 1. The zero-order chi connectivity index (χ0) is 21.2. The molecule has 29 heavy (non-hydrogen) atoms. The molecule has 3 rings (SSSR count). The van der Waals surface area contributed by atoms with E-state index in [-0.39, 0.29) is 11.1 Å². The molecule has 0 saturated carbocycles. The summed E-state index contributed by atoms with van der Waals surface area (Å²) in [6.45, 7) is 9.05. The Labute approximate surface area is 177 Å². The van der Waals surface area contributed by atoms with Gasteiger partial charge in [0.1, 0.15) is 5.69 Å². The lowest BCUT2D eigenvalue weighted by atomic mass is 9.79. The van der Waals surface area contributed by atoms with Crippen molar-refractivity contribution in [1.29, 1.82) is 0 Å². The molecule has 3 N–H and O–H groups in total. The standard InChI is InChI=1S/C21H31N7S/c1-20(2)9-16(10-21(3,4)27-20)28(6)19-26-25-18(29-19)17-8-7-14(13-24-17)15(11-22)12-23-5/h7-8,11-13,16,27H,9-10,22H2,1-6H3. The second-order valence-electron chi connectivity index (χ2n) is 8.90. The monoisotopic (exact) mass is 413 g/mol. The third-order valence-corrected chi connectivity index (χ3v) is 6.23. The Morgan fingerprint density at radius 2 is 1.93 bits per heavy atom. The molecule has 2 aromatic rings. The molecular weight excluding hydrogens is 382 g/mol. The van der Waals surface area contributed by atoms with Gasteiger partial charge in [0.15, 0.2) is 5.01 Å². The molecule has 1 saturated heterocycles. The first-order chi connectivity index (χ1) is 13.6. The van der Waals surface area contributed by atoms with Crippen molar-refractivity contribution in [1.82, 2.24) is 20.5 Å². The van der Waals surface area contributed by atoms with Crippen LogP contribution in [0.15, 0.2) is 29.5 Å². The van der Waals surface area contributed by atoms with Crippen molar-refractivity contribution < 1.29 is 0 Å². The molecule has 8 heteroatoms. The van der Waals surface area contributed by atoms with Crippen LogP contribution in [-0.2, 0) is 0 Å². The number of pyridine rings is 1. The molecule has 0 aromatic carbocycles. The van der Waals surface area contributed by atoms with Crippen LogP contribution in [0, 0.1) is 0 Å². The van der Waals surface area contributed by atoms with Gasteiger partial charge < -0.3 is 16.0 Å². The van der Waals surface area contributed by atoms with Gasteiger partial charge >= 0.3 is 0 Å². The molecule has 0 unspecified atom stereocenters. The normalized spacial score (nSPS) is 19.6. The van der Waals surface area contributed by atoms with Gasteiger partial charge in [-0.25, -0.2) is 0 Å². The van der Waals surface area contributed by atoms with Crippen molar-refractivity contribution in [2.45, 2.75) is 57.7 Å². The number of aliphatic imine (C=N–C) groups is 1. The first kappa shape index (κ1) is 21.4. The Bertz CT molecular complexity index is 880. The molecular formula is C21H31N7S. The minimum Gasteiger partial charge on any atom is -0.404 e. The number of piperidine rings is 1. The number of nitrogens with one attached hydrogen (secondary N) is 1. The van der Waals surface area contributed by atoms with Crippen molar-refractivity contribution in [2.24, 2.45) is 10.7 Å². The summed E-state index contributed by atoms with van der Waals surface area (Å²) in [4.78, 5) is 10.8. The number of hydrogen-bond acceptors (Lipinski definition) is 8. The predicted octanol–water partition coefficient (Wildman–Crippen LogP) is 3.35. The first-order valence-electron chi connectivity index (χ1n) is 9.81. The largest absolute Gasteiger partial charge is 0.404 e. The topological polar surface area (TPSA) is 92.3 Å². The molecule has 0 radical (unpaired) electrons. The Hall–Kier alpha value is -2.32. The predicted molar refractivity (Wildman–Crippen MR) is 122 cm³/mol. The van der Waals surface area contributed by atoms with E-state index < -0.39 is 0 Å². The molecule has 1 fully saturated rings. The lowest BCUT2D eigenvalue weighted by molar-refractivity contribution is 0.161. The first-order valence-corrected chi connectivity index (χ1v) is 10.6. The number of anilines is 1. The summed E-state index contributed by atoms with van der Waals surface area (Å²) < 4.78 is 0. The van der Waals surface area contributed by atoms with Crippen molar-refractivity contribution in [3.05, 3.63) is 30.1 Å². The van der Waals surface area contributed by atoms with Crippen LogP contribution in [-0.4, -0.2) is 52.6 Å². The van der Waals surface area contributed by atoms with Gasteiger partial charge in [-0.05, 0) is 46.6 Å². The van der Waals surface area contributed by atoms with Crippen LogP contribution in [0.3, 0.4) is 0 Å². The minimum absolute atomic E-state index is 0.0849. The van der Waals surface area contributed by atoms with Gasteiger partial charge in [-0.1, -0.05) is 17.4 Å². The molecule has 0 atom stereocenters. The van der Waals surface area contributed by atoms with Crippen LogP contribution in [0.5, 0.6) is 0 Å². The summed E-state index contributed by atoms with van der Waals surface area (Å²) >= 11 is 1.57. The second-order valence-corrected chi connectivity index (χ2v) is 9.85. The Kier molecular flexibility index (Phi) is 6.05. The summed E-state index contributed by atoms with van der Waals surface area (Å²) in [5, 5.41) is 14.3. The van der Waals surface area contributed by atoms with Gasteiger partial charge in [-0.15, -0.1) is 10.2 Å². The number of rotatable bonds is 5. The fourth-order valence-electron chi connectivity index (χ4n) is 4.20. The maximum atomic E-state index is 5.67. The quantitative estimate of drug-likeness (QED) is 0.731. The van der Waals surface area contributed by atoms with Crippen molar-refractivity contribution >= 4 is 28.3 Å². The van der Waals surface area contributed by atoms with E-state index in [1.54, 1.807) is 30.8 Å². The maximum Gasteiger partial charge on any atom is 0.208 e. The van der Waals surface area contributed by atoms with Crippen LogP contribution in [0.1, 0.15) is 46.1 Å². The summed E-state index contributed by atoms with van der Waals surface area (Å²) in [7, 11) is 3.83. The maximum absolute atomic E-state index is 5.67. The van der Waals surface area contributed by atoms with E-state index in [4.69, 9.17) is 5.73 Å². The van der Waals surface area contributed by atoms with E-state index in [9.17, 15) is 0 Å². The van der Waals surface area contributed by atoms with E-state index >= 15 is 0 Å². The van der Waals surface area contributed by atoms with Gasteiger partial charge in [0.05, 0.1) is 0 Å². The zero-order valence-electron chi connectivity index (χ0n) is 18.1. The van der Waals surface area contributed by atoms with Gasteiger partial charge in [-0.3, -0.25) is 9.98 Å². The average Bonchev–Trinajstić information content (AvgIpc) is 3.13. The van der Waals surface area contributed by atoms with Crippen LogP contribution >= 0.6 is 11.3 Å². The highest BCUT2D eigenvalue weighted by Gasteiger charge is 2.39. The van der Waals surface area contributed by atoms with Crippen molar-refractivity contribution in [2.75, 3.05) is 19.0 Å². The van der Waals surface area contributed by atoms with Gasteiger partial charge in [0.2, 0.25) is 5.13 Å². The Balaban J connectivity index is 1.78. The molecule has 0 spiro atoms. The lowest BCUT2D eigenvalue weighted by Gasteiger charge is -2.48. The Morgan fingerprint density at radius 3 is 2.48 bits per heavy atom. The highest BCUT2D eigenvalue weighted by molar-refractivity contribution is 7.18. The van der Waals surface area contributed by atoms with Crippen molar-refractivity contribution in [3.8, 4) is 10.7 Å². The molecule has 1 aliphatic rings. The van der Waals surface area contributed by atoms with E-state index in [2.05, 4.69) is 65.1 Å². The third-order valence-electron chi connectivity index (χ3n) is 5.20. The van der Waals surface area contributed by atoms with Crippen LogP contribution in [0.4, 0.5) is 5.13 Å². The third kappa shape index (κ3) is 5.00. The molecule has 0 bridgehead atoms. The summed E-state index contributed by atoms with van der Waals surface area (Å²) in [5.74, 6) is 0. The second kappa shape index (κ2) is 8.20. The summed E-state index contributed by atoms with van der Waals surface area (Å²) in [5.41, 5.74) is 8.40. The van der Waals surface area contributed by atoms with E-state index in [1.807, 2.05) is 12.1 Å². The van der Waals surface area contributed by atoms with Gasteiger partial charge in [-0.2, -0.15) is 0 Å². The van der Waals surface area contributed by atoms with E-state index in [0.717, 1.165) is 39.8 Å². The number of nitrogens with two attached hydrogens (primary N) is 1. The number of aromatic nitrogens is 3. The molecule has 0 aliphatic carbocycles. The molecule has 2 aromatic heterocycles. The van der Waals surface area contributed by atoms with Crippen LogP contribution in [0.25, 0.3) is 16.3 Å². The lowest BCUT2D eigenvalue weighted by Crippen LogP contribution is -2.61. The fraction of sp³-hybridized carbons (Fsp3) is 0.524. The summed E-state index contributed by atoms with van der Waals surface area (Å²) in [6.07, 6.45) is 7.16. The van der Waals surface area contributed by atoms with Gasteiger partial charge in [0.25, 0.3) is 0 Å². The van der Waals surface area contributed by atoms with E-state index in [0.29, 0.717) is 6.04 Å². The fourth-order valence-corrected chi connectivity index (χ4v) is 5.06.